The molecule has 2 aromatic carbocycles. The van der Waals surface area contributed by atoms with Crippen LogP contribution in [0, 0.1) is 0 Å². The second-order valence-corrected chi connectivity index (χ2v) is 8.28. The molecular weight excluding hydrogens is 392 g/mol. The van der Waals surface area contributed by atoms with Gasteiger partial charge in [0.25, 0.3) is 15.9 Å². The van der Waals surface area contributed by atoms with E-state index in [9.17, 15) is 13.2 Å². The third-order valence-corrected chi connectivity index (χ3v) is 6.05. The monoisotopic (exact) mass is 412 g/mol. The Hall–Kier alpha value is -3.17. The third kappa shape index (κ3) is 4.30. The zero-order chi connectivity index (χ0) is 20.3. The van der Waals surface area contributed by atoms with E-state index in [4.69, 9.17) is 4.74 Å². The largest absolute Gasteiger partial charge is 0.378 e. The predicted molar refractivity (Wildman–Crippen MR) is 108 cm³/mol. The van der Waals surface area contributed by atoms with Gasteiger partial charge in [0.05, 0.1) is 24.3 Å². The second-order valence-electron chi connectivity index (χ2n) is 6.60. The molecule has 1 amide bonds. The minimum absolute atomic E-state index is 0.0877. The van der Waals surface area contributed by atoms with E-state index in [1.807, 2.05) is 6.07 Å². The lowest BCUT2D eigenvalue weighted by Crippen LogP contribution is -2.40. The summed E-state index contributed by atoms with van der Waals surface area (Å²) in [4.78, 5) is 14.3. The Morgan fingerprint density at radius 2 is 1.83 bits per heavy atom. The van der Waals surface area contributed by atoms with E-state index < -0.39 is 10.0 Å². The van der Waals surface area contributed by atoms with Crippen LogP contribution in [0.1, 0.15) is 10.4 Å². The topological polar surface area (TPSA) is 104 Å². The Morgan fingerprint density at radius 3 is 2.52 bits per heavy atom. The van der Waals surface area contributed by atoms with Crippen LogP contribution in [0.15, 0.2) is 65.8 Å². The number of ether oxygens (including phenoxy) is 1. The molecule has 0 aliphatic carbocycles. The fourth-order valence-electron chi connectivity index (χ4n) is 3.11. The van der Waals surface area contributed by atoms with E-state index in [-0.39, 0.29) is 10.8 Å². The SMILES string of the molecule is O=C(c1ccc(S(=O)(=O)Nc2cccc(-c3cn[nH]c3)c2)cc1)N1CCOCC1. The summed E-state index contributed by atoms with van der Waals surface area (Å²) in [6.45, 7) is 2.10. The normalized spacial score (nSPS) is 14.6. The lowest BCUT2D eigenvalue weighted by atomic mass is 10.1. The number of H-pyrrole nitrogens is 1. The molecule has 1 aliphatic heterocycles. The molecule has 2 heterocycles. The smallest absolute Gasteiger partial charge is 0.261 e. The standard InChI is InChI=1S/C20H20N4O4S/c25-20(24-8-10-28-11-9-24)15-4-6-19(7-5-15)29(26,27)23-18-3-1-2-16(12-18)17-13-21-22-14-17/h1-7,12-14,23H,8-11H2,(H,21,22). The van der Waals surface area contributed by atoms with Crippen LogP contribution in [0.3, 0.4) is 0 Å². The van der Waals surface area contributed by atoms with Crippen molar-refractivity contribution in [3.8, 4) is 11.1 Å². The first-order valence-electron chi connectivity index (χ1n) is 9.12. The summed E-state index contributed by atoms with van der Waals surface area (Å²) in [7, 11) is -3.78. The Bertz CT molecular complexity index is 1090. The molecule has 0 saturated carbocycles. The summed E-state index contributed by atoms with van der Waals surface area (Å²) in [5.41, 5.74) is 2.59. The highest BCUT2D eigenvalue weighted by Crippen LogP contribution is 2.23. The molecule has 9 heteroatoms. The summed E-state index contributed by atoms with van der Waals surface area (Å²) in [5.74, 6) is -0.127. The van der Waals surface area contributed by atoms with Crippen molar-refractivity contribution in [1.82, 2.24) is 15.1 Å². The number of carbonyl (C=O) groups is 1. The molecule has 29 heavy (non-hydrogen) atoms. The van der Waals surface area contributed by atoms with Crippen molar-refractivity contribution in [2.24, 2.45) is 0 Å². The summed E-state index contributed by atoms with van der Waals surface area (Å²) in [5, 5.41) is 6.64. The van der Waals surface area contributed by atoms with E-state index in [1.54, 1.807) is 35.5 Å². The molecule has 2 N–H and O–H groups in total. The van der Waals surface area contributed by atoms with Crippen molar-refractivity contribution in [3.05, 3.63) is 66.5 Å². The van der Waals surface area contributed by atoms with Crippen molar-refractivity contribution in [2.45, 2.75) is 4.90 Å². The molecular formula is C20H20N4O4S. The number of aromatic nitrogens is 2. The number of amides is 1. The first-order valence-corrected chi connectivity index (χ1v) is 10.6. The molecule has 1 saturated heterocycles. The number of carbonyl (C=O) groups excluding carboxylic acids is 1. The fourth-order valence-corrected chi connectivity index (χ4v) is 4.16. The average Bonchev–Trinajstić information content (AvgIpc) is 3.29. The van der Waals surface area contributed by atoms with E-state index >= 15 is 0 Å². The maximum absolute atomic E-state index is 12.7. The summed E-state index contributed by atoms with van der Waals surface area (Å²) < 4.78 is 33.3. The van der Waals surface area contributed by atoms with Crippen LogP contribution in [0.25, 0.3) is 11.1 Å². The number of sulfonamides is 1. The van der Waals surface area contributed by atoms with Crippen molar-refractivity contribution in [3.63, 3.8) is 0 Å². The number of anilines is 1. The van der Waals surface area contributed by atoms with Gasteiger partial charge in [0.1, 0.15) is 0 Å². The Labute approximate surface area is 168 Å². The van der Waals surface area contributed by atoms with Gasteiger partial charge < -0.3 is 9.64 Å². The number of nitrogens with one attached hydrogen (secondary N) is 2. The van der Waals surface area contributed by atoms with Gasteiger partial charge in [-0.05, 0) is 42.0 Å². The molecule has 1 aromatic heterocycles. The van der Waals surface area contributed by atoms with Crippen LogP contribution in [0.4, 0.5) is 5.69 Å². The van der Waals surface area contributed by atoms with Gasteiger partial charge in [-0.1, -0.05) is 12.1 Å². The minimum Gasteiger partial charge on any atom is -0.378 e. The first kappa shape index (κ1) is 19.2. The zero-order valence-corrected chi connectivity index (χ0v) is 16.4. The Morgan fingerprint density at radius 1 is 1.07 bits per heavy atom. The molecule has 3 aromatic rings. The maximum atomic E-state index is 12.7. The van der Waals surface area contributed by atoms with Gasteiger partial charge in [-0.25, -0.2) is 8.42 Å². The molecule has 8 nitrogen and oxygen atoms in total. The second kappa shape index (κ2) is 8.06. The summed E-state index contributed by atoms with van der Waals surface area (Å²) in [6.07, 6.45) is 3.40. The third-order valence-electron chi connectivity index (χ3n) is 4.66. The highest BCUT2D eigenvalue weighted by atomic mass is 32.2. The molecule has 1 aliphatic rings. The van der Waals surface area contributed by atoms with Crippen LogP contribution in [0.2, 0.25) is 0 Å². The van der Waals surface area contributed by atoms with Crippen LogP contribution < -0.4 is 4.72 Å². The van der Waals surface area contributed by atoms with Crippen LogP contribution in [-0.2, 0) is 14.8 Å². The summed E-state index contributed by atoms with van der Waals surface area (Å²) in [6, 6.07) is 13.0. The van der Waals surface area contributed by atoms with Gasteiger partial charge in [-0.2, -0.15) is 5.10 Å². The molecule has 0 unspecified atom stereocenters. The van der Waals surface area contributed by atoms with Gasteiger partial charge >= 0.3 is 0 Å². The summed E-state index contributed by atoms with van der Waals surface area (Å²) >= 11 is 0. The molecule has 0 radical (unpaired) electrons. The van der Waals surface area contributed by atoms with Gasteiger partial charge in [0.15, 0.2) is 0 Å². The molecule has 150 valence electrons. The minimum atomic E-state index is -3.78. The highest BCUT2D eigenvalue weighted by Gasteiger charge is 2.20. The molecule has 0 bridgehead atoms. The van der Waals surface area contributed by atoms with Crippen molar-refractivity contribution in [1.29, 1.82) is 0 Å². The average molecular weight is 412 g/mol. The van der Waals surface area contributed by atoms with E-state index in [1.165, 1.54) is 24.3 Å². The van der Waals surface area contributed by atoms with Crippen molar-refractivity contribution >= 4 is 21.6 Å². The quantitative estimate of drug-likeness (QED) is 0.669. The highest BCUT2D eigenvalue weighted by molar-refractivity contribution is 7.92. The van der Waals surface area contributed by atoms with Crippen molar-refractivity contribution < 1.29 is 17.9 Å². The molecule has 4 rings (SSSR count). The van der Waals surface area contributed by atoms with Gasteiger partial charge in [0, 0.05) is 36.1 Å². The maximum Gasteiger partial charge on any atom is 0.261 e. The van der Waals surface area contributed by atoms with E-state index in [0.29, 0.717) is 37.6 Å². The number of nitrogens with zero attached hydrogens (tertiary/aromatic N) is 2. The van der Waals surface area contributed by atoms with Gasteiger partial charge in [0.2, 0.25) is 0 Å². The fraction of sp³-hybridized carbons (Fsp3) is 0.200. The van der Waals surface area contributed by atoms with Gasteiger partial charge in [-0.15, -0.1) is 0 Å². The number of benzene rings is 2. The zero-order valence-electron chi connectivity index (χ0n) is 15.5. The number of rotatable bonds is 5. The van der Waals surface area contributed by atoms with Gasteiger partial charge in [-0.3, -0.25) is 14.6 Å². The Kier molecular flexibility index (Phi) is 5.32. The molecule has 0 atom stereocenters. The van der Waals surface area contributed by atoms with E-state index in [0.717, 1.165) is 11.1 Å². The number of morpholine rings is 1. The van der Waals surface area contributed by atoms with Crippen LogP contribution in [-0.4, -0.2) is 55.7 Å². The first-order chi connectivity index (χ1) is 14.0. The number of hydrogen-bond acceptors (Lipinski definition) is 5. The lowest BCUT2D eigenvalue weighted by molar-refractivity contribution is 0.0303. The lowest BCUT2D eigenvalue weighted by Gasteiger charge is -2.26. The molecule has 0 spiro atoms. The predicted octanol–water partition coefficient (Wildman–Crippen LogP) is 2.35. The van der Waals surface area contributed by atoms with Crippen LogP contribution in [0.5, 0.6) is 0 Å². The molecule has 1 fully saturated rings. The number of aromatic amines is 1. The van der Waals surface area contributed by atoms with E-state index in [2.05, 4.69) is 14.9 Å². The Balaban J connectivity index is 1.50. The van der Waals surface area contributed by atoms with Crippen LogP contribution >= 0.6 is 0 Å². The number of hydrogen-bond donors (Lipinski definition) is 2. The van der Waals surface area contributed by atoms with Crippen molar-refractivity contribution in [2.75, 3.05) is 31.0 Å².